The molecule has 3 heterocycles. The van der Waals surface area contributed by atoms with Crippen molar-refractivity contribution >= 4 is 30.0 Å². The number of hydrogen-bond acceptors (Lipinski definition) is 10. The third kappa shape index (κ3) is 5.20. The Kier molecular flexibility index (Phi) is 6.92. The fraction of sp³-hybridized carbons (Fsp3) is 0.308. The Morgan fingerprint density at radius 2 is 1.95 bits per heavy atom. The van der Waals surface area contributed by atoms with Crippen molar-refractivity contribution in [2.24, 2.45) is 0 Å². The molecule has 2 aromatic carbocycles. The van der Waals surface area contributed by atoms with Crippen LogP contribution in [0.5, 0.6) is 0 Å². The van der Waals surface area contributed by atoms with Gasteiger partial charge in [0.15, 0.2) is 5.82 Å². The molecule has 190 valence electrons. The highest BCUT2D eigenvalue weighted by molar-refractivity contribution is 6.63. The molecule has 11 heteroatoms. The smallest absolute Gasteiger partial charge is 0.408 e. The van der Waals surface area contributed by atoms with Crippen LogP contribution in [0.15, 0.2) is 59.3 Å². The molecular formula is C26H29BN6O4. The van der Waals surface area contributed by atoms with Crippen LogP contribution in [0.4, 0.5) is 17.5 Å². The van der Waals surface area contributed by atoms with Crippen LogP contribution in [-0.4, -0.2) is 45.5 Å². The van der Waals surface area contributed by atoms with Crippen LogP contribution < -0.4 is 16.1 Å². The standard InChI is InChI=1S/C26H29BN6O4/c1-5-35-27-21-12-11-18(13-20(21)26(3,4)37-27)30-25-28-14-19(24-29-16(2)33-36-24)23(32-25)31-22(15-34)17-9-7-6-8-10-17/h6-14,22,34H,5,15H2,1-4H3,(H2,28,30,31,32)/t22-/m1/s1. The van der Waals surface area contributed by atoms with Gasteiger partial charge in [-0.05, 0) is 56.4 Å². The van der Waals surface area contributed by atoms with Gasteiger partial charge in [0.1, 0.15) is 11.4 Å². The van der Waals surface area contributed by atoms with Gasteiger partial charge in [0.2, 0.25) is 5.95 Å². The minimum Gasteiger partial charge on any atom is -0.408 e. The predicted octanol–water partition coefficient (Wildman–Crippen LogP) is 3.72. The Morgan fingerprint density at radius 1 is 1.14 bits per heavy atom. The molecule has 1 atom stereocenters. The SMILES string of the molecule is CCOB1OC(C)(C)c2cc(Nc3ncc(-c4nc(C)no4)c(N[C@H](CO)c4ccccc4)n3)ccc21. The highest BCUT2D eigenvalue weighted by Gasteiger charge is 2.42. The first-order valence-corrected chi connectivity index (χ1v) is 12.2. The van der Waals surface area contributed by atoms with Crippen molar-refractivity contribution in [2.75, 3.05) is 23.8 Å². The average molecular weight is 500 g/mol. The first kappa shape index (κ1) is 24.9. The van der Waals surface area contributed by atoms with Gasteiger partial charge < -0.3 is 29.6 Å². The van der Waals surface area contributed by atoms with E-state index >= 15 is 0 Å². The van der Waals surface area contributed by atoms with Gasteiger partial charge in [0, 0.05) is 18.5 Å². The maximum atomic E-state index is 10.1. The third-order valence-electron chi connectivity index (χ3n) is 6.17. The molecule has 0 radical (unpaired) electrons. The first-order chi connectivity index (χ1) is 17.9. The topological polar surface area (TPSA) is 127 Å². The maximum absolute atomic E-state index is 10.1. The zero-order valence-electron chi connectivity index (χ0n) is 21.2. The van der Waals surface area contributed by atoms with E-state index in [1.807, 2.05) is 69.3 Å². The monoisotopic (exact) mass is 500 g/mol. The van der Waals surface area contributed by atoms with Crippen molar-refractivity contribution in [3.63, 3.8) is 0 Å². The van der Waals surface area contributed by atoms with Crippen LogP contribution in [-0.2, 0) is 14.9 Å². The summed E-state index contributed by atoms with van der Waals surface area (Å²) in [4.78, 5) is 13.5. The van der Waals surface area contributed by atoms with Crippen molar-refractivity contribution in [1.29, 1.82) is 0 Å². The van der Waals surface area contributed by atoms with Gasteiger partial charge >= 0.3 is 7.12 Å². The Hall–Kier alpha value is -3.80. The number of rotatable bonds is 9. The van der Waals surface area contributed by atoms with E-state index in [0.717, 1.165) is 22.3 Å². The summed E-state index contributed by atoms with van der Waals surface area (Å²) in [5.41, 5.74) is 3.80. The summed E-state index contributed by atoms with van der Waals surface area (Å²) in [7, 11) is -0.387. The van der Waals surface area contributed by atoms with Crippen LogP contribution >= 0.6 is 0 Å². The molecule has 37 heavy (non-hydrogen) atoms. The third-order valence-corrected chi connectivity index (χ3v) is 6.17. The second kappa shape index (κ2) is 10.3. The minimum absolute atomic E-state index is 0.139. The number of fused-ring (bicyclic) bond motifs is 1. The summed E-state index contributed by atoms with van der Waals surface area (Å²) in [5, 5.41) is 20.6. The second-order valence-electron chi connectivity index (χ2n) is 9.24. The molecule has 0 bridgehead atoms. The lowest BCUT2D eigenvalue weighted by Crippen LogP contribution is -2.32. The minimum atomic E-state index is -0.496. The Labute approximate surface area is 215 Å². The summed E-state index contributed by atoms with van der Waals surface area (Å²) < 4.78 is 17.3. The lowest BCUT2D eigenvalue weighted by atomic mass is 9.77. The molecule has 3 N–H and O–H groups in total. The second-order valence-corrected chi connectivity index (χ2v) is 9.24. The number of aliphatic hydroxyl groups is 1. The largest absolute Gasteiger partial charge is 0.494 e. The van der Waals surface area contributed by atoms with Crippen molar-refractivity contribution < 1.29 is 18.9 Å². The molecule has 0 aliphatic carbocycles. The van der Waals surface area contributed by atoms with Gasteiger partial charge in [-0.15, -0.1) is 0 Å². The van der Waals surface area contributed by atoms with Crippen molar-refractivity contribution in [2.45, 2.75) is 39.3 Å². The van der Waals surface area contributed by atoms with Crippen LogP contribution in [0.25, 0.3) is 11.5 Å². The molecule has 4 aromatic rings. The van der Waals surface area contributed by atoms with Crippen LogP contribution in [0.1, 0.15) is 43.8 Å². The van der Waals surface area contributed by atoms with E-state index in [4.69, 9.17) is 18.8 Å². The quantitative estimate of drug-likeness (QED) is 0.293. The molecule has 10 nitrogen and oxygen atoms in total. The highest BCUT2D eigenvalue weighted by atomic mass is 16.6. The van der Waals surface area contributed by atoms with E-state index in [-0.39, 0.29) is 19.6 Å². The van der Waals surface area contributed by atoms with Crippen molar-refractivity contribution in [1.82, 2.24) is 20.1 Å². The van der Waals surface area contributed by atoms with E-state index < -0.39 is 11.6 Å². The first-order valence-electron chi connectivity index (χ1n) is 12.2. The Balaban J connectivity index is 1.47. The lowest BCUT2D eigenvalue weighted by molar-refractivity contribution is 0.0867. The summed E-state index contributed by atoms with van der Waals surface area (Å²) in [5.74, 6) is 1.60. The van der Waals surface area contributed by atoms with E-state index in [1.165, 1.54) is 0 Å². The van der Waals surface area contributed by atoms with Gasteiger partial charge in [-0.25, -0.2) is 4.98 Å². The van der Waals surface area contributed by atoms with Crippen molar-refractivity contribution in [3.05, 3.63) is 71.7 Å². The summed E-state index contributed by atoms with van der Waals surface area (Å²) in [6.45, 7) is 8.16. The molecule has 0 spiro atoms. The molecule has 2 aromatic heterocycles. The summed E-state index contributed by atoms with van der Waals surface area (Å²) >= 11 is 0. The molecule has 0 fully saturated rings. The fourth-order valence-corrected chi connectivity index (χ4v) is 4.36. The van der Waals surface area contributed by atoms with Crippen molar-refractivity contribution in [3.8, 4) is 11.5 Å². The molecule has 0 saturated carbocycles. The molecule has 0 unspecified atom stereocenters. The van der Waals surface area contributed by atoms with Gasteiger partial charge in [0.25, 0.3) is 5.89 Å². The predicted molar refractivity (Wildman–Crippen MR) is 141 cm³/mol. The molecule has 1 aliphatic heterocycles. The maximum Gasteiger partial charge on any atom is 0.494 e. The van der Waals surface area contributed by atoms with E-state index in [9.17, 15) is 5.11 Å². The van der Waals surface area contributed by atoms with Crippen LogP contribution in [0, 0.1) is 6.92 Å². The van der Waals surface area contributed by atoms with Crippen LogP contribution in [0.2, 0.25) is 0 Å². The molecular weight excluding hydrogens is 471 g/mol. The zero-order valence-corrected chi connectivity index (χ0v) is 21.2. The number of hydrogen-bond donors (Lipinski definition) is 3. The normalized spacial score (nSPS) is 14.9. The van der Waals surface area contributed by atoms with E-state index in [1.54, 1.807) is 13.1 Å². The molecule has 1 aliphatic rings. The van der Waals surface area contributed by atoms with Gasteiger partial charge in [-0.3, -0.25) is 0 Å². The number of aryl methyl sites for hydroxylation is 1. The van der Waals surface area contributed by atoms with Gasteiger partial charge in [-0.1, -0.05) is 41.6 Å². The summed E-state index contributed by atoms with van der Waals surface area (Å²) in [6, 6.07) is 15.2. The highest BCUT2D eigenvalue weighted by Crippen LogP contribution is 2.34. The number of nitrogens with one attached hydrogen (secondary N) is 2. The summed E-state index contributed by atoms with van der Waals surface area (Å²) in [6.07, 6.45) is 1.62. The Morgan fingerprint density at radius 3 is 2.65 bits per heavy atom. The Bertz CT molecular complexity index is 1380. The number of anilines is 3. The average Bonchev–Trinajstić information content (AvgIpc) is 3.43. The van der Waals surface area contributed by atoms with Gasteiger partial charge in [-0.2, -0.15) is 9.97 Å². The lowest BCUT2D eigenvalue weighted by Gasteiger charge is -2.21. The number of aliphatic hydroxyl groups excluding tert-OH is 1. The molecule has 0 amide bonds. The number of benzene rings is 2. The zero-order chi connectivity index (χ0) is 26.0. The van der Waals surface area contributed by atoms with E-state index in [2.05, 4.69) is 25.8 Å². The van der Waals surface area contributed by atoms with Crippen LogP contribution in [0.3, 0.4) is 0 Å². The number of nitrogens with zero attached hydrogens (tertiary/aromatic N) is 4. The molecule has 0 saturated heterocycles. The molecule has 5 rings (SSSR count). The number of aromatic nitrogens is 4. The van der Waals surface area contributed by atoms with E-state index in [0.29, 0.717) is 29.8 Å². The van der Waals surface area contributed by atoms with Gasteiger partial charge in [0.05, 0.1) is 18.2 Å². The fourth-order valence-electron chi connectivity index (χ4n) is 4.36.